The number of unbranched alkanes of at least 4 members (excludes halogenated alkanes) is 1. The Balaban J connectivity index is 1.43. The molecule has 194 valence electrons. The number of nitrogens with one attached hydrogen (secondary N) is 2. The van der Waals surface area contributed by atoms with Crippen molar-refractivity contribution in [3.05, 3.63) is 78.1 Å². The van der Waals surface area contributed by atoms with E-state index in [1.54, 1.807) is 12.1 Å². The lowest BCUT2D eigenvalue weighted by atomic mass is 10.0. The first-order chi connectivity index (χ1) is 18.3. The Morgan fingerprint density at radius 2 is 1.76 bits per heavy atom. The van der Waals surface area contributed by atoms with Crippen LogP contribution in [0.4, 0.5) is 30.6 Å². The number of ether oxygens (including phenoxy) is 1. The van der Waals surface area contributed by atoms with Crippen molar-refractivity contribution >= 4 is 28.2 Å². The molecule has 0 amide bonds. The number of benzene rings is 3. The number of hydrogen-bond donors (Lipinski definition) is 3. The fourth-order valence-electron chi connectivity index (χ4n) is 4.01. The average molecular weight is 520 g/mol. The van der Waals surface area contributed by atoms with Crippen LogP contribution in [0.1, 0.15) is 31.2 Å². The molecule has 0 unspecified atom stereocenters. The quantitative estimate of drug-likeness (QED) is 0.204. The van der Waals surface area contributed by atoms with Gasteiger partial charge in [0.05, 0.1) is 5.56 Å². The summed E-state index contributed by atoms with van der Waals surface area (Å²) in [6, 6.07) is 17.7. The van der Waals surface area contributed by atoms with Gasteiger partial charge in [-0.1, -0.05) is 43.7 Å². The van der Waals surface area contributed by atoms with Crippen LogP contribution in [0.5, 0.6) is 11.6 Å². The molecule has 2 aromatic heterocycles. The zero-order valence-corrected chi connectivity index (χ0v) is 20.4. The smallest absolute Gasteiger partial charge is 0.416 e. The molecule has 0 radical (unpaired) electrons. The molecule has 38 heavy (non-hydrogen) atoms. The zero-order valence-electron chi connectivity index (χ0n) is 20.4. The van der Waals surface area contributed by atoms with Gasteiger partial charge in [0.2, 0.25) is 11.8 Å². The number of fused-ring (bicyclic) bond motifs is 1. The maximum atomic E-state index is 13.1. The standard InChI is InChI=1S/C27H24F3N7O/c1-2-3-11-23-33-22(31)15-24(34-23)38-21-13-12-20(18-9-4-5-10-19(18)21)25-35-26(37-36-25)32-17-8-6-7-16(14-17)27(28,29)30/h4-10,12-15H,2-3,11H2,1H3,(H2,31,33,34)(H2,32,35,36,37). The molecule has 11 heteroatoms. The van der Waals surface area contributed by atoms with Crippen LogP contribution >= 0.6 is 0 Å². The first-order valence-corrected chi connectivity index (χ1v) is 12.0. The molecule has 2 heterocycles. The van der Waals surface area contributed by atoms with E-state index in [0.29, 0.717) is 35.5 Å². The molecule has 5 rings (SSSR count). The van der Waals surface area contributed by atoms with Crippen LogP contribution in [0.15, 0.2) is 66.7 Å². The number of anilines is 3. The third kappa shape index (κ3) is 5.51. The normalized spacial score (nSPS) is 11.6. The highest BCUT2D eigenvalue weighted by atomic mass is 19.4. The number of rotatable bonds is 8. The van der Waals surface area contributed by atoms with Gasteiger partial charge in [-0.05, 0) is 42.1 Å². The molecule has 5 aromatic rings. The molecule has 0 saturated carbocycles. The van der Waals surface area contributed by atoms with E-state index in [-0.39, 0.29) is 11.6 Å². The number of nitrogens with zero attached hydrogens (tertiary/aromatic N) is 4. The highest BCUT2D eigenvalue weighted by Gasteiger charge is 2.30. The number of halogens is 3. The van der Waals surface area contributed by atoms with E-state index < -0.39 is 11.7 Å². The molecule has 4 N–H and O–H groups in total. The van der Waals surface area contributed by atoms with Crippen LogP contribution in [-0.2, 0) is 12.6 Å². The van der Waals surface area contributed by atoms with Crippen LogP contribution in [-0.4, -0.2) is 25.1 Å². The Hall–Kier alpha value is -4.67. The Bertz CT molecular complexity index is 1580. The van der Waals surface area contributed by atoms with Gasteiger partial charge < -0.3 is 15.8 Å². The minimum atomic E-state index is -4.45. The number of aryl methyl sites for hydroxylation is 1. The van der Waals surface area contributed by atoms with E-state index >= 15 is 0 Å². The minimum absolute atomic E-state index is 0.139. The molecule has 8 nitrogen and oxygen atoms in total. The van der Waals surface area contributed by atoms with Gasteiger partial charge in [0.15, 0.2) is 5.82 Å². The molecule has 0 saturated heterocycles. The Morgan fingerprint density at radius 1 is 0.947 bits per heavy atom. The van der Waals surface area contributed by atoms with Gasteiger partial charge in [-0.25, -0.2) is 4.98 Å². The first kappa shape index (κ1) is 25.0. The van der Waals surface area contributed by atoms with Crippen LogP contribution in [0, 0.1) is 0 Å². The highest BCUT2D eigenvalue weighted by Crippen LogP contribution is 2.36. The molecule has 0 aliphatic heterocycles. The van der Waals surface area contributed by atoms with Gasteiger partial charge in [0.1, 0.15) is 17.4 Å². The Kier molecular flexibility index (Phi) is 6.82. The van der Waals surface area contributed by atoms with Gasteiger partial charge in [-0.3, -0.25) is 5.10 Å². The Labute approximate surface area is 216 Å². The maximum Gasteiger partial charge on any atom is 0.416 e. The summed E-state index contributed by atoms with van der Waals surface area (Å²) < 4.78 is 45.3. The van der Waals surface area contributed by atoms with Gasteiger partial charge in [0.25, 0.3) is 0 Å². The molecule has 0 aliphatic carbocycles. The number of aromatic nitrogens is 5. The average Bonchev–Trinajstić information content (AvgIpc) is 3.35. The van der Waals surface area contributed by atoms with Gasteiger partial charge >= 0.3 is 6.18 Å². The summed E-state index contributed by atoms with van der Waals surface area (Å²) in [6.07, 6.45) is -1.78. The van der Waals surface area contributed by atoms with E-state index in [1.807, 2.05) is 30.3 Å². The van der Waals surface area contributed by atoms with Crippen molar-refractivity contribution in [1.82, 2.24) is 25.1 Å². The third-order valence-corrected chi connectivity index (χ3v) is 5.81. The van der Waals surface area contributed by atoms with Crippen molar-refractivity contribution in [2.24, 2.45) is 0 Å². The van der Waals surface area contributed by atoms with Gasteiger partial charge in [0, 0.05) is 29.1 Å². The number of hydrogen-bond acceptors (Lipinski definition) is 7. The fraction of sp³-hybridized carbons (Fsp3) is 0.185. The van der Waals surface area contributed by atoms with Crippen LogP contribution in [0.2, 0.25) is 0 Å². The van der Waals surface area contributed by atoms with E-state index in [1.165, 1.54) is 12.1 Å². The van der Waals surface area contributed by atoms with Crippen LogP contribution in [0.3, 0.4) is 0 Å². The van der Waals surface area contributed by atoms with E-state index in [9.17, 15) is 13.2 Å². The minimum Gasteiger partial charge on any atom is -0.438 e. The molecule has 3 aromatic carbocycles. The molecule has 0 aliphatic rings. The molecule has 0 spiro atoms. The first-order valence-electron chi connectivity index (χ1n) is 12.0. The van der Waals surface area contributed by atoms with Gasteiger partial charge in [-0.15, -0.1) is 5.10 Å². The molecule has 0 fully saturated rings. The summed E-state index contributed by atoms with van der Waals surface area (Å²) in [6.45, 7) is 2.09. The van der Waals surface area contributed by atoms with E-state index in [0.717, 1.165) is 41.3 Å². The molecular weight excluding hydrogens is 495 g/mol. The number of aromatic amines is 1. The lowest BCUT2D eigenvalue weighted by Crippen LogP contribution is -2.05. The molecular formula is C27H24F3N7O. The Morgan fingerprint density at radius 3 is 2.55 bits per heavy atom. The third-order valence-electron chi connectivity index (χ3n) is 5.81. The summed E-state index contributed by atoms with van der Waals surface area (Å²) in [5, 5.41) is 11.4. The number of H-pyrrole nitrogens is 1. The number of alkyl halides is 3. The fourth-order valence-corrected chi connectivity index (χ4v) is 4.01. The van der Waals surface area contributed by atoms with Crippen molar-refractivity contribution < 1.29 is 17.9 Å². The predicted molar refractivity (Wildman–Crippen MR) is 139 cm³/mol. The predicted octanol–water partition coefficient (Wildman–Crippen LogP) is 6.89. The maximum absolute atomic E-state index is 13.1. The van der Waals surface area contributed by atoms with Crippen LogP contribution < -0.4 is 15.8 Å². The van der Waals surface area contributed by atoms with Crippen LogP contribution in [0.25, 0.3) is 22.2 Å². The zero-order chi connectivity index (χ0) is 26.7. The molecule has 0 atom stereocenters. The summed E-state index contributed by atoms with van der Waals surface area (Å²) in [4.78, 5) is 13.2. The second kappa shape index (κ2) is 10.4. The van der Waals surface area contributed by atoms with Crippen molar-refractivity contribution in [2.75, 3.05) is 11.1 Å². The summed E-state index contributed by atoms with van der Waals surface area (Å²) >= 11 is 0. The van der Waals surface area contributed by atoms with E-state index in [2.05, 4.69) is 37.4 Å². The monoisotopic (exact) mass is 519 g/mol. The van der Waals surface area contributed by atoms with Crippen molar-refractivity contribution in [2.45, 2.75) is 32.4 Å². The van der Waals surface area contributed by atoms with Crippen molar-refractivity contribution in [3.63, 3.8) is 0 Å². The molecule has 0 bridgehead atoms. The summed E-state index contributed by atoms with van der Waals surface area (Å²) in [5.74, 6) is 2.48. The highest BCUT2D eigenvalue weighted by molar-refractivity contribution is 5.99. The van der Waals surface area contributed by atoms with Crippen molar-refractivity contribution in [3.8, 4) is 23.0 Å². The topological polar surface area (TPSA) is 115 Å². The van der Waals surface area contributed by atoms with E-state index in [4.69, 9.17) is 10.5 Å². The van der Waals surface area contributed by atoms with Crippen molar-refractivity contribution in [1.29, 1.82) is 0 Å². The second-order valence-corrected chi connectivity index (χ2v) is 8.62. The lowest BCUT2D eigenvalue weighted by Gasteiger charge is -2.12. The largest absolute Gasteiger partial charge is 0.438 e. The lowest BCUT2D eigenvalue weighted by molar-refractivity contribution is -0.137. The number of nitrogen functional groups attached to an aromatic ring is 1. The summed E-state index contributed by atoms with van der Waals surface area (Å²) in [5.41, 5.74) is 6.17. The number of nitrogens with two attached hydrogens (primary N) is 1. The summed E-state index contributed by atoms with van der Waals surface area (Å²) in [7, 11) is 0. The second-order valence-electron chi connectivity index (χ2n) is 8.62. The van der Waals surface area contributed by atoms with Gasteiger partial charge in [-0.2, -0.15) is 23.1 Å². The SMILES string of the molecule is CCCCc1nc(N)cc(Oc2ccc(-c3nc(Nc4cccc(C(F)(F)F)c4)n[nH]3)c3ccccc23)n1.